The lowest BCUT2D eigenvalue weighted by Crippen LogP contribution is -2.46. The van der Waals surface area contributed by atoms with Crippen molar-refractivity contribution in [3.63, 3.8) is 0 Å². The van der Waals surface area contributed by atoms with Gasteiger partial charge in [-0.25, -0.2) is 15.0 Å². The van der Waals surface area contributed by atoms with E-state index in [0.29, 0.717) is 5.16 Å². The highest BCUT2D eigenvalue weighted by atomic mass is 32.2. The van der Waals surface area contributed by atoms with Gasteiger partial charge in [0.05, 0.1) is 5.75 Å². The third-order valence-electron chi connectivity index (χ3n) is 3.76. The van der Waals surface area contributed by atoms with E-state index in [1.807, 2.05) is 0 Å². The van der Waals surface area contributed by atoms with Gasteiger partial charge in [-0.3, -0.25) is 4.79 Å². The lowest BCUT2D eigenvalue weighted by atomic mass is 9.97. The Morgan fingerprint density at radius 2 is 1.93 bits per heavy atom. The zero-order valence-corrected chi connectivity index (χ0v) is 15.9. The molecule has 7 nitrogen and oxygen atoms in total. The molecular weight excluding hydrogens is 383 g/mol. The second-order valence-corrected chi connectivity index (χ2v) is 6.98. The summed E-state index contributed by atoms with van der Waals surface area (Å²) < 4.78 is 41.2. The Bertz CT molecular complexity index is 791. The second kappa shape index (κ2) is 8.26. The first-order valence-corrected chi connectivity index (χ1v) is 9.00. The van der Waals surface area contributed by atoms with Gasteiger partial charge in [-0.1, -0.05) is 11.8 Å². The number of thioether (sulfide) groups is 1. The van der Waals surface area contributed by atoms with Crippen LogP contribution in [0.1, 0.15) is 23.6 Å². The van der Waals surface area contributed by atoms with Crippen molar-refractivity contribution in [2.45, 2.75) is 37.2 Å². The molecular formula is C16H20F3N5O2S. The summed E-state index contributed by atoms with van der Waals surface area (Å²) in [4.78, 5) is 23.9. The average Bonchev–Trinajstić information content (AvgIpc) is 2.97. The number of imidazole rings is 1. The van der Waals surface area contributed by atoms with Gasteiger partial charge in [-0.05, 0) is 19.9 Å². The maximum absolute atomic E-state index is 13.4. The van der Waals surface area contributed by atoms with E-state index in [2.05, 4.69) is 20.3 Å². The molecule has 11 heteroatoms. The SMILES string of the molecule is Cc1cc(C)nc(SCC(=O)NCCC(O)(c2nccn2C)C(F)(F)F)n1. The van der Waals surface area contributed by atoms with Crippen LogP contribution in [0.15, 0.2) is 23.6 Å². The number of nitrogens with zero attached hydrogens (tertiary/aromatic N) is 4. The summed E-state index contributed by atoms with van der Waals surface area (Å²) in [5.74, 6) is -1.05. The smallest absolute Gasteiger partial charge is 0.374 e. The van der Waals surface area contributed by atoms with Gasteiger partial charge in [-0.15, -0.1) is 0 Å². The van der Waals surface area contributed by atoms with Crippen LogP contribution in [0.3, 0.4) is 0 Å². The van der Waals surface area contributed by atoms with E-state index in [1.165, 1.54) is 19.4 Å². The number of hydrogen-bond acceptors (Lipinski definition) is 6. The first kappa shape index (κ1) is 21.2. The van der Waals surface area contributed by atoms with Gasteiger partial charge in [0.2, 0.25) is 11.5 Å². The molecule has 2 N–H and O–H groups in total. The number of hydrogen-bond donors (Lipinski definition) is 2. The molecule has 0 fully saturated rings. The van der Waals surface area contributed by atoms with Gasteiger partial charge in [0.15, 0.2) is 5.16 Å². The molecule has 1 amide bonds. The van der Waals surface area contributed by atoms with E-state index in [9.17, 15) is 23.1 Å². The molecule has 0 aliphatic carbocycles. The monoisotopic (exact) mass is 403 g/mol. The molecule has 0 aliphatic rings. The molecule has 2 heterocycles. The Morgan fingerprint density at radius 3 is 2.44 bits per heavy atom. The Hall–Kier alpha value is -2.14. The molecule has 0 saturated carbocycles. The Balaban J connectivity index is 1.93. The standard InChI is InChI=1S/C16H20F3N5O2S/c1-10-8-11(2)23-14(22-10)27-9-12(25)20-5-4-15(26,16(17,18)19)13-21-6-7-24(13)3/h6-8,26H,4-5,9H2,1-3H3,(H,20,25). The van der Waals surface area contributed by atoms with Crippen LogP contribution in [0, 0.1) is 13.8 Å². The molecule has 1 atom stereocenters. The Kier molecular flexibility index (Phi) is 6.47. The number of rotatable bonds is 7. The second-order valence-electron chi connectivity index (χ2n) is 6.04. The molecule has 0 spiro atoms. The number of aryl methyl sites for hydroxylation is 3. The topological polar surface area (TPSA) is 92.9 Å². The summed E-state index contributed by atoms with van der Waals surface area (Å²) in [5.41, 5.74) is -1.63. The average molecular weight is 403 g/mol. The number of carbonyl (C=O) groups is 1. The van der Waals surface area contributed by atoms with E-state index < -0.39 is 29.9 Å². The van der Waals surface area contributed by atoms with E-state index in [0.717, 1.165) is 27.7 Å². The van der Waals surface area contributed by atoms with Crippen molar-refractivity contribution in [2.75, 3.05) is 12.3 Å². The maximum Gasteiger partial charge on any atom is 0.424 e. The van der Waals surface area contributed by atoms with Crippen molar-refractivity contribution >= 4 is 17.7 Å². The summed E-state index contributed by atoms with van der Waals surface area (Å²) in [7, 11) is 1.36. The van der Waals surface area contributed by atoms with Crippen molar-refractivity contribution in [1.82, 2.24) is 24.8 Å². The molecule has 1 unspecified atom stereocenters. The van der Waals surface area contributed by atoms with E-state index in [4.69, 9.17) is 0 Å². The molecule has 0 aromatic carbocycles. The largest absolute Gasteiger partial charge is 0.424 e. The first-order chi connectivity index (χ1) is 12.5. The van der Waals surface area contributed by atoms with Gasteiger partial charge in [-0.2, -0.15) is 13.2 Å². The lowest BCUT2D eigenvalue weighted by molar-refractivity contribution is -0.272. The van der Waals surface area contributed by atoms with Crippen LogP contribution in [0.25, 0.3) is 0 Å². The van der Waals surface area contributed by atoms with Crippen LogP contribution < -0.4 is 5.32 Å². The van der Waals surface area contributed by atoms with Crippen LogP contribution in [0.4, 0.5) is 13.2 Å². The summed E-state index contributed by atoms with van der Waals surface area (Å²) in [6, 6.07) is 1.79. The molecule has 148 valence electrons. The molecule has 2 rings (SSSR count). The first-order valence-electron chi connectivity index (χ1n) is 8.01. The number of alkyl halides is 3. The lowest BCUT2D eigenvalue weighted by Gasteiger charge is -2.29. The van der Waals surface area contributed by atoms with Crippen LogP contribution >= 0.6 is 11.8 Å². The fraction of sp³-hybridized carbons (Fsp3) is 0.500. The van der Waals surface area contributed by atoms with Crippen molar-refractivity contribution in [1.29, 1.82) is 0 Å². The zero-order valence-electron chi connectivity index (χ0n) is 15.0. The minimum absolute atomic E-state index is 0.0459. The van der Waals surface area contributed by atoms with Crippen LogP contribution in [0.2, 0.25) is 0 Å². The summed E-state index contributed by atoms with van der Waals surface area (Å²) in [5, 5.41) is 13.0. The molecule has 27 heavy (non-hydrogen) atoms. The fourth-order valence-electron chi connectivity index (χ4n) is 2.47. The third kappa shape index (κ3) is 5.19. The van der Waals surface area contributed by atoms with Crippen LogP contribution in [0.5, 0.6) is 0 Å². The summed E-state index contributed by atoms with van der Waals surface area (Å²) >= 11 is 1.09. The van der Waals surface area contributed by atoms with Crippen molar-refractivity contribution < 1.29 is 23.1 Å². The maximum atomic E-state index is 13.4. The number of nitrogens with one attached hydrogen (secondary N) is 1. The van der Waals surface area contributed by atoms with Gasteiger partial charge >= 0.3 is 6.18 Å². The van der Waals surface area contributed by atoms with E-state index in [-0.39, 0.29) is 12.3 Å². The van der Waals surface area contributed by atoms with Crippen LogP contribution in [-0.2, 0) is 17.4 Å². The quantitative estimate of drug-likeness (QED) is 0.542. The minimum Gasteiger partial charge on any atom is -0.374 e. The van der Waals surface area contributed by atoms with Gasteiger partial charge in [0, 0.05) is 43.8 Å². The van der Waals surface area contributed by atoms with E-state index in [1.54, 1.807) is 19.9 Å². The zero-order chi connectivity index (χ0) is 20.2. The number of aliphatic hydroxyl groups is 1. The van der Waals surface area contributed by atoms with Crippen molar-refractivity contribution in [3.05, 3.63) is 35.7 Å². The number of amides is 1. The molecule has 0 bridgehead atoms. The fourth-order valence-corrected chi connectivity index (χ4v) is 3.25. The Labute approximate surface area is 158 Å². The van der Waals surface area contributed by atoms with Gasteiger partial charge in [0.1, 0.15) is 5.82 Å². The minimum atomic E-state index is -4.93. The van der Waals surface area contributed by atoms with Gasteiger partial charge < -0.3 is 15.0 Å². The highest BCUT2D eigenvalue weighted by molar-refractivity contribution is 7.99. The highest BCUT2D eigenvalue weighted by Gasteiger charge is 2.57. The number of halogens is 3. The summed E-state index contributed by atoms with van der Waals surface area (Å²) in [6.45, 7) is 3.23. The molecule has 2 aromatic heterocycles. The van der Waals surface area contributed by atoms with Gasteiger partial charge in [0.25, 0.3) is 0 Å². The summed E-state index contributed by atoms with van der Waals surface area (Å²) in [6.07, 6.45) is -3.20. The molecule has 0 radical (unpaired) electrons. The van der Waals surface area contributed by atoms with Crippen LogP contribution in [-0.4, -0.2) is 49.0 Å². The molecule has 2 aromatic rings. The normalized spacial score (nSPS) is 14.0. The predicted molar refractivity (Wildman–Crippen MR) is 93.0 cm³/mol. The third-order valence-corrected chi connectivity index (χ3v) is 4.61. The van der Waals surface area contributed by atoms with E-state index >= 15 is 0 Å². The van der Waals surface area contributed by atoms with Crippen molar-refractivity contribution in [2.24, 2.45) is 7.05 Å². The number of carbonyl (C=O) groups excluding carboxylic acids is 1. The molecule has 0 aliphatic heterocycles. The molecule has 0 saturated heterocycles. The predicted octanol–water partition coefficient (Wildman–Crippen LogP) is 1.88. The number of aromatic nitrogens is 4. The Morgan fingerprint density at radius 1 is 1.30 bits per heavy atom. The highest BCUT2D eigenvalue weighted by Crippen LogP contribution is 2.40. The van der Waals surface area contributed by atoms with Crippen molar-refractivity contribution in [3.8, 4) is 0 Å².